The van der Waals surface area contributed by atoms with Crippen molar-refractivity contribution in [1.82, 2.24) is 5.32 Å². The zero-order valence-electron chi connectivity index (χ0n) is 8.88. The zero-order valence-corrected chi connectivity index (χ0v) is 8.88. The van der Waals surface area contributed by atoms with E-state index in [0.29, 0.717) is 12.5 Å². The fourth-order valence-corrected chi connectivity index (χ4v) is 2.59. The highest BCUT2D eigenvalue weighted by Gasteiger charge is 2.48. The lowest BCUT2D eigenvalue weighted by atomic mass is 9.75. The van der Waals surface area contributed by atoms with Gasteiger partial charge in [0.15, 0.2) is 0 Å². The molecule has 0 aromatic carbocycles. The van der Waals surface area contributed by atoms with E-state index >= 15 is 0 Å². The number of piperidine rings is 1. The van der Waals surface area contributed by atoms with Crippen LogP contribution in [0.15, 0.2) is 0 Å². The Morgan fingerprint density at radius 1 is 1.33 bits per heavy atom. The maximum Gasteiger partial charge on any atom is 0.248 e. The van der Waals surface area contributed by atoms with Gasteiger partial charge in [-0.1, -0.05) is 6.42 Å². The average Bonchev–Trinajstić information content (AvgIpc) is 2.15. The molecule has 0 spiro atoms. The molecule has 2 unspecified atom stereocenters. The summed E-state index contributed by atoms with van der Waals surface area (Å²) in [6.07, 6.45) is 3.29. The number of rotatable bonds is 3. The lowest BCUT2D eigenvalue weighted by Gasteiger charge is -2.39. The SMILES string of the molecule is OC(CC1CCCCN1)C1CC(F)(F)C1. The van der Waals surface area contributed by atoms with Crippen LogP contribution in [0.1, 0.15) is 38.5 Å². The minimum Gasteiger partial charge on any atom is -0.393 e. The molecule has 2 nitrogen and oxygen atoms in total. The monoisotopic (exact) mass is 219 g/mol. The third-order valence-corrected chi connectivity index (χ3v) is 3.60. The van der Waals surface area contributed by atoms with Crippen molar-refractivity contribution in [2.24, 2.45) is 5.92 Å². The van der Waals surface area contributed by atoms with E-state index in [9.17, 15) is 13.9 Å². The molecule has 1 saturated heterocycles. The fourth-order valence-electron chi connectivity index (χ4n) is 2.59. The highest BCUT2D eigenvalue weighted by atomic mass is 19.3. The van der Waals surface area contributed by atoms with Gasteiger partial charge < -0.3 is 10.4 Å². The molecule has 1 aliphatic heterocycles. The summed E-state index contributed by atoms with van der Waals surface area (Å²) in [5.41, 5.74) is 0. The molecule has 0 aromatic heterocycles. The number of hydrogen-bond donors (Lipinski definition) is 2. The van der Waals surface area contributed by atoms with Crippen LogP contribution in [-0.2, 0) is 0 Å². The highest BCUT2D eigenvalue weighted by molar-refractivity contribution is 4.91. The van der Waals surface area contributed by atoms with Crippen molar-refractivity contribution in [3.63, 3.8) is 0 Å². The van der Waals surface area contributed by atoms with Crippen LogP contribution < -0.4 is 5.32 Å². The van der Waals surface area contributed by atoms with Crippen LogP contribution in [0, 0.1) is 5.92 Å². The summed E-state index contributed by atoms with van der Waals surface area (Å²) in [4.78, 5) is 0. The summed E-state index contributed by atoms with van der Waals surface area (Å²) >= 11 is 0. The van der Waals surface area contributed by atoms with Crippen molar-refractivity contribution in [3.8, 4) is 0 Å². The molecular formula is C11H19F2NO. The van der Waals surface area contributed by atoms with Crippen LogP contribution in [-0.4, -0.2) is 29.7 Å². The van der Waals surface area contributed by atoms with Crippen molar-refractivity contribution < 1.29 is 13.9 Å². The molecule has 2 atom stereocenters. The number of halogens is 2. The fraction of sp³-hybridized carbons (Fsp3) is 1.00. The van der Waals surface area contributed by atoms with Gasteiger partial charge in [0, 0.05) is 18.9 Å². The van der Waals surface area contributed by atoms with E-state index in [1.807, 2.05) is 0 Å². The van der Waals surface area contributed by atoms with Crippen molar-refractivity contribution >= 4 is 0 Å². The van der Waals surface area contributed by atoms with Gasteiger partial charge in [-0.2, -0.15) is 0 Å². The van der Waals surface area contributed by atoms with E-state index < -0.39 is 12.0 Å². The predicted octanol–water partition coefficient (Wildman–Crippen LogP) is 1.92. The molecule has 0 amide bonds. The maximum atomic E-state index is 12.6. The number of nitrogens with one attached hydrogen (secondary N) is 1. The van der Waals surface area contributed by atoms with E-state index in [1.54, 1.807) is 0 Å². The van der Waals surface area contributed by atoms with E-state index in [4.69, 9.17) is 0 Å². The Morgan fingerprint density at radius 2 is 2.07 bits per heavy atom. The summed E-state index contributed by atoms with van der Waals surface area (Å²) in [6.45, 7) is 0.998. The topological polar surface area (TPSA) is 32.3 Å². The molecule has 0 bridgehead atoms. The lowest BCUT2D eigenvalue weighted by Crippen LogP contribution is -2.45. The molecule has 2 N–H and O–H groups in total. The Kier molecular flexibility index (Phi) is 3.26. The molecule has 88 valence electrons. The van der Waals surface area contributed by atoms with Gasteiger partial charge in [-0.15, -0.1) is 0 Å². The Bertz CT molecular complexity index is 209. The van der Waals surface area contributed by atoms with Gasteiger partial charge in [-0.25, -0.2) is 8.78 Å². The first-order chi connectivity index (χ1) is 7.07. The summed E-state index contributed by atoms with van der Waals surface area (Å²) in [6, 6.07) is 0.336. The second-order valence-electron chi connectivity index (χ2n) is 4.97. The van der Waals surface area contributed by atoms with Crippen LogP contribution >= 0.6 is 0 Å². The number of alkyl halides is 2. The smallest absolute Gasteiger partial charge is 0.248 e. The van der Waals surface area contributed by atoms with Crippen molar-refractivity contribution in [2.45, 2.75) is 56.6 Å². The third kappa shape index (κ3) is 2.88. The first kappa shape index (κ1) is 11.3. The summed E-state index contributed by atoms with van der Waals surface area (Å²) < 4.78 is 25.2. The molecule has 1 heterocycles. The molecule has 0 radical (unpaired) electrons. The number of aliphatic hydroxyl groups excluding tert-OH is 1. The van der Waals surface area contributed by atoms with Gasteiger partial charge in [-0.3, -0.25) is 0 Å². The van der Waals surface area contributed by atoms with Crippen molar-refractivity contribution in [3.05, 3.63) is 0 Å². The van der Waals surface area contributed by atoms with Gasteiger partial charge in [-0.05, 0) is 31.7 Å². The second-order valence-corrected chi connectivity index (χ2v) is 4.97. The highest BCUT2D eigenvalue weighted by Crippen LogP contribution is 2.44. The van der Waals surface area contributed by atoms with E-state index in [2.05, 4.69) is 5.32 Å². The van der Waals surface area contributed by atoms with Gasteiger partial charge in [0.1, 0.15) is 0 Å². The van der Waals surface area contributed by atoms with Crippen molar-refractivity contribution in [1.29, 1.82) is 0 Å². The van der Waals surface area contributed by atoms with Crippen LogP contribution in [0.25, 0.3) is 0 Å². The predicted molar refractivity (Wildman–Crippen MR) is 53.9 cm³/mol. The number of hydrogen-bond acceptors (Lipinski definition) is 2. The lowest BCUT2D eigenvalue weighted by molar-refractivity contribution is -0.143. The molecule has 2 aliphatic rings. The minimum absolute atomic E-state index is 0.124. The van der Waals surface area contributed by atoms with Crippen LogP contribution in [0.3, 0.4) is 0 Å². The van der Waals surface area contributed by atoms with E-state index in [0.717, 1.165) is 13.0 Å². The second kappa shape index (κ2) is 4.34. The summed E-state index contributed by atoms with van der Waals surface area (Å²) in [5, 5.41) is 13.1. The third-order valence-electron chi connectivity index (χ3n) is 3.60. The summed E-state index contributed by atoms with van der Waals surface area (Å²) in [5.74, 6) is -2.69. The van der Waals surface area contributed by atoms with E-state index in [1.165, 1.54) is 12.8 Å². The van der Waals surface area contributed by atoms with Crippen LogP contribution in [0.2, 0.25) is 0 Å². The molecule has 2 fully saturated rings. The molecule has 1 aliphatic carbocycles. The molecule has 15 heavy (non-hydrogen) atoms. The Balaban J connectivity index is 1.70. The first-order valence-corrected chi connectivity index (χ1v) is 5.86. The summed E-state index contributed by atoms with van der Waals surface area (Å²) in [7, 11) is 0. The molecule has 4 heteroatoms. The standard InChI is InChI=1S/C11H19F2NO/c12-11(13)6-8(7-11)10(15)5-9-3-1-2-4-14-9/h8-10,14-15H,1-7H2. The molecular weight excluding hydrogens is 200 g/mol. The first-order valence-electron chi connectivity index (χ1n) is 5.86. The van der Waals surface area contributed by atoms with Gasteiger partial charge in [0.2, 0.25) is 5.92 Å². The molecule has 0 aromatic rings. The normalized spacial score (nSPS) is 33.4. The maximum absolute atomic E-state index is 12.6. The van der Waals surface area contributed by atoms with Crippen molar-refractivity contribution in [2.75, 3.05) is 6.54 Å². The average molecular weight is 219 g/mol. The largest absolute Gasteiger partial charge is 0.393 e. The van der Waals surface area contributed by atoms with E-state index in [-0.39, 0.29) is 18.8 Å². The number of aliphatic hydroxyl groups is 1. The van der Waals surface area contributed by atoms with Gasteiger partial charge in [0.25, 0.3) is 0 Å². The Morgan fingerprint density at radius 3 is 2.60 bits per heavy atom. The van der Waals surface area contributed by atoms with Gasteiger partial charge >= 0.3 is 0 Å². The quantitative estimate of drug-likeness (QED) is 0.760. The molecule has 1 saturated carbocycles. The Hall–Kier alpha value is -0.220. The van der Waals surface area contributed by atoms with Crippen LogP contribution in [0.5, 0.6) is 0 Å². The Labute approximate surface area is 89.1 Å². The van der Waals surface area contributed by atoms with Gasteiger partial charge in [0.05, 0.1) is 6.10 Å². The van der Waals surface area contributed by atoms with Crippen LogP contribution in [0.4, 0.5) is 8.78 Å². The zero-order chi connectivity index (χ0) is 10.9. The minimum atomic E-state index is -2.51. The molecule has 2 rings (SSSR count).